The molecule has 0 fully saturated rings. The third kappa shape index (κ3) is 7.18. The van der Waals surface area contributed by atoms with Crippen molar-refractivity contribution >= 4 is 17.8 Å². The Morgan fingerprint density at radius 1 is 0.968 bits per heavy atom. The number of nitrogens with one attached hydrogen (secondary N) is 2. The van der Waals surface area contributed by atoms with Crippen molar-refractivity contribution in [2.75, 3.05) is 11.9 Å². The van der Waals surface area contributed by atoms with Crippen molar-refractivity contribution < 1.29 is 22.7 Å². The summed E-state index contributed by atoms with van der Waals surface area (Å²) in [5.41, 5.74) is 3.50. The van der Waals surface area contributed by atoms with E-state index in [9.17, 15) is 18.0 Å². The number of benzene rings is 3. The van der Waals surface area contributed by atoms with Gasteiger partial charge in [-0.15, -0.1) is 0 Å². The van der Waals surface area contributed by atoms with Crippen LogP contribution in [0.4, 0.5) is 18.9 Å². The molecule has 0 aliphatic carbocycles. The van der Waals surface area contributed by atoms with Gasteiger partial charge in [-0.05, 0) is 41.5 Å². The molecule has 3 rings (SSSR count). The Hall–Kier alpha value is -3.81. The van der Waals surface area contributed by atoms with E-state index >= 15 is 0 Å². The molecule has 0 aromatic heterocycles. The maximum absolute atomic E-state index is 12.7. The highest BCUT2D eigenvalue weighted by atomic mass is 19.4. The molecule has 0 heterocycles. The van der Waals surface area contributed by atoms with Crippen molar-refractivity contribution in [2.45, 2.75) is 12.8 Å². The lowest BCUT2D eigenvalue weighted by Gasteiger charge is -2.10. The van der Waals surface area contributed by atoms with Crippen LogP contribution in [0.2, 0.25) is 0 Å². The van der Waals surface area contributed by atoms with E-state index in [2.05, 4.69) is 15.8 Å². The Morgan fingerprint density at radius 2 is 1.74 bits per heavy atom. The van der Waals surface area contributed by atoms with E-state index in [0.29, 0.717) is 12.4 Å². The average molecular weight is 427 g/mol. The molecule has 0 saturated carbocycles. The molecule has 1 amide bonds. The molecule has 0 spiro atoms. The molecule has 0 aliphatic rings. The first-order valence-corrected chi connectivity index (χ1v) is 9.40. The van der Waals surface area contributed by atoms with E-state index in [0.717, 1.165) is 23.3 Å². The molecular formula is C23H20F3N3O2. The quantitative estimate of drug-likeness (QED) is 0.399. The van der Waals surface area contributed by atoms with Crippen LogP contribution in [0, 0.1) is 0 Å². The van der Waals surface area contributed by atoms with Gasteiger partial charge in [0.1, 0.15) is 12.4 Å². The number of carbonyl (C=O) groups excluding carboxylic acids is 1. The van der Waals surface area contributed by atoms with Gasteiger partial charge in [0, 0.05) is 5.69 Å². The summed E-state index contributed by atoms with van der Waals surface area (Å²) >= 11 is 0. The van der Waals surface area contributed by atoms with Crippen LogP contribution in [0.1, 0.15) is 16.7 Å². The van der Waals surface area contributed by atoms with Crippen LogP contribution in [0.5, 0.6) is 5.75 Å². The van der Waals surface area contributed by atoms with Gasteiger partial charge in [-0.1, -0.05) is 48.5 Å². The van der Waals surface area contributed by atoms with Crippen LogP contribution in [0.25, 0.3) is 0 Å². The fourth-order valence-electron chi connectivity index (χ4n) is 2.63. The van der Waals surface area contributed by atoms with Crippen molar-refractivity contribution in [2.24, 2.45) is 5.10 Å². The van der Waals surface area contributed by atoms with Crippen molar-refractivity contribution in [3.05, 3.63) is 95.6 Å². The van der Waals surface area contributed by atoms with E-state index in [-0.39, 0.29) is 12.2 Å². The van der Waals surface area contributed by atoms with E-state index < -0.39 is 17.6 Å². The maximum Gasteiger partial charge on any atom is 0.416 e. The summed E-state index contributed by atoms with van der Waals surface area (Å²) in [6.45, 7) is 0.207. The molecule has 3 aromatic carbocycles. The summed E-state index contributed by atoms with van der Waals surface area (Å²) < 4.78 is 43.9. The molecular weight excluding hydrogens is 407 g/mol. The Morgan fingerprint density at radius 3 is 2.52 bits per heavy atom. The monoisotopic (exact) mass is 427 g/mol. The van der Waals surface area contributed by atoms with Crippen molar-refractivity contribution in [1.82, 2.24) is 5.43 Å². The molecule has 0 radical (unpaired) electrons. The van der Waals surface area contributed by atoms with E-state index in [1.165, 1.54) is 18.3 Å². The van der Waals surface area contributed by atoms with Crippen molar-refractivity contribution in [3.8, 4) is 5.75 Å². The first-order chi connectivity index (χ1) is 14.9. The van der Waals surface area contributed by atoms with Gasteiger partial charge in [0.2, 0.25) is 0 Å². The number of hydrogen-bond donors (Lipinski definition) is 2. The highest BCUT2D eigenvalue weighted by molar-refractivity contribution is 5.84. The fraction of sp³-hybridized carbons (Fsp3) is 0.130. The molecule has 0 saturated heterocycles. The average Bonchev–Trinajstić information content (AvgIpc) is 2.77. The number of hydrazone groups is 1. The van der Waals surface area contributed by atoms with Gasteiger partial charge in [-0.3, -0.25) is 4.79 Å². The summed E-state index contributed by atoms with van der Waals surface area (Å²) in [7, 11) is 0. The van der Waals surface area contributed by atoms with Gasteiger partial charge in [0.05, 0.1) is 18.3 Å². The van der Waals surface area contributed by atoms with Crippen molar-refractivity contribution in [3.63, 3.8) is 0 Å². The number of hydrogen-bond acceptors (Lipinski definition) is 4. The highest BCUT2D eigenvalue weighted by Crippen LogP contribution is 2.30. The summed E-state index contributed by atoms with van der Waals surface area (Å²) in [4.78, 5) is 11.9. The lowest BCUT2D eigenvalue weighted by molar-refractivity contribution is -0.137. The lowest BCUT2D eigenvalue weighted by Crippen LogP contribution is -2.26. The molecule has 31 heavy (non-hydrogen) atoms. The molecule has 0 unspecified atom stereocenters. The molecule has 160 valence electrons. The predicted molar refractivity (Wildman–Crippen MR) is 113 cm³/mol. The molecule has 3 aromatic rings. The summed E-state index contributed by atoms with van der Waals surface area (Å²) in [5.74, 6) is 0.162. The topological polar surface area (TPSA) is 62.7 Å². The summed E-state index contributed by atoms with van der Waals surface area (Å²) in [5, 5.41) is 6.51. The van der Waals surface area contributed by atoms with Crippen LogP contribution in [-0.2, 0) is 17.6 Å². The third-order valence-corrected chi connectivity index (χ3v) is 4.15. The fourth-order valence-corrected chi connectivity index (χ4v) is 2.63. The van der Waals surface area contributed by atoms with Crippen LogP contribution in [0.3, 0.4) is 0 Å². The first kappa shape index (κ1) is 21.9. The van der Waals surface area contributed by atoms with E-state index in [1.54, 1.807) is 18.2 Å². The van der Waals surface area contributed by atoms with Crippen LogP contribution in [-0.4, -0.2) is 18.7 Å². The van der Waals surface area contributed by atoms with Crippen molar-refractivity contribution in [1.29, 1.82) is 0 Å². The number of anilines is 1. The van der Waals surface area contributed by atoms with Crippen LogP contribution < -0.4 is 15.5 Å². The van der Waals surface area contributed by atoms with E-state index in [1.807, 2.05) is 36.4 Å². The van der Waals surface area contributed by atoms with Gasteiger partial charge >= 0.3 is 6.18 Å². The zero-order valence-corrected chi connectivity index (χ0v) is 16.4. The second-order valence-electron chi connectivity index (χ2n) is 6.57. The standard InChI is InChI=1S/C23H20F3N3O2/c24-23(25,26)19-9-5-10-20(13-19)27-15-22(30)29-28-14-18-8-4-11-21(12-18)31-16-17-6-2-1-3-7-17/h1-14,27H,15-16H2,(H,29,30). The normalized spacial score (nSPS) is 11.3. The highest BCUT2D eigenvalue weighted by Gasteiger charge is 2.30. The predicted octanol–water partition coefficient (Wildman–Crippen LogP) is 4.85. The van der Waals surface area contributed by atoms with E-state index in [4.69, 9.17) is 4.74 Å². The smallest absolute Gasteiger partial charge is 0.416 e. The van der Waals surface area contributed by atoms with Gasteiger partial charge in [-0.25, -0.2) is 5.43 Å². The Kier molecular flexibility index (Phi) is 7.26. The first-order valence-electron chi connectivity index (χ1n) is 9.40. The van der Waals surface area contributed by atoms with Crippen LogP contribution >= 0.6 is 0 Å². The number of alkyl halides is 3. The third-order valence-electron chi connectivity index (χ3n) is 4.15. The molecule has 2 N–H and O–H groups in total. The van der Waals surface area contributed by atoms with Gasteiger partial charge < -0.3 is 10.1 Å². The molecule has 0 aliphatic heterocycles. The lowest BCUT2D eigenvalue weighted by atomic mass is 10.2. The second-order valence-corrected chi connectivity index (χ2v) is 6.57. The minimum atomic E-state index is -4.44. The number of ether oxygens (including phenoxy) is 1. The molecule has 8 heteroatoms. The van der Waals surface area contributed by atoms with Gasteiger partial charge in [-0.2, -0.15) is 18.3 Å². The Balaban J connectivity index is 1.47. The molecule has 0 atom stereocenters. The largest absolute Gasteiger partial charge is 0.489 e. The SMILES string of the molecule is O=C(CNc1cccc(C(F)(F)F)c1)NN=Cc1cccc(OCc2ccccc2)c1. The number of carbonyl (C=O) groups is 1. The molecule has 5 nitrogen and oxygen atoms in total. The second kappa shape index (κ2) is 10.3. The number of rotatable bonds is 8. The van der Waals surface area contributed by atoms with Gasteiger partial charge in [0.15, 0.2) is 0 Å². The maximum atomic E-state index is 12.7. The summed E-state index contributed by atoms with van der Waals surface area (Å²) in [6, 6.07) is 21.6. The number of nitrogens with zero attached hydrogens (tertiary/aromatic N) is 1. The zero-order chi connectivity index (χ0) is 22.1. The number of halogens is 3. The van der Waals surface area contributed by atoms with Crippen LogP contribution in [0.15, 0.2) is 84.0 Å². The zero-order valence-electron chi connectivity index (χ0n) is 16.4. The van der Waals surface area contributed by atoms with Gasteiger partial charge in [0.25, 0.3) is 5.91 Å². The number of amides is 1. The Labute approximate surface area is 177 Å². The minimum absolute atomic E-state index is 0.192. The summed E-state index contributed by atoms with van der Waals surface area (Å²) in [6.07, 6.45) is -2.98. The minimum Gasteiger partial charge on any atom is -0.489 e. The Bertz CT molecular complexity index is 1040. The molecule has 0 bridgehead atoms.